The fourth-order valence-electron chi connectivity index (χ4n) is 1.35. The molecule has 0 fully saturated rings. The quantitative estimate of drug-likeness (QED) is 0.839. The molecule has 4 nitrogen and oxygen atoms in total. The highest BCUT2D eigenvalue weighted by Gasteiger charge is 2.17. The molecule has 1 atom stereocenters. The number of carbonyl (C=O) groups excluding carboxylic acids is 2. The van der Waals surface area contributed by atoms with Gasteiger partial charge in [0.25, 0.3) is 0 Å². The van der Waals surface area contributed by atoms with Gasteiger partial charge in [0.1, 0.15) is 5.82 Å². The van der Waals surface area contributed by atoms with Gasteiger partial charge in [0.15, 0.2) is 0 Å². The minimum absolute atomic E-state index is 0.0401. The first kappa shape index (κ1) is 15.8. The summed E-state index contributed by atoms with van der Waals surface area (Å²) in [6.07, 6.45) is 1.90. The number of anilines is 1. The Balaban J connectivity index is 2.61. The summed E-state index contributed by atoms with van der Waals surface area (Å²) in [6.45, 7) is 1.80. The fourth-order valence-corrected chi connectivity index (χ4v) is 2.15. The van der Waals surface area contributed by atoms with Crippen LogP contribution in [0.4, 0.5) is 10.1 Å². The zero-order valence-corrected chi connectivity index (χ0v) is 12.1. The summed E-state index contributed by atoms with van der Waals surface area (Å²) >= 11 is 7.31. The molecule has 0 bridgehead atoms. The highest BCUT2D eigenvalue weighted by Crippen LogP contribution is 2.22. The predicted octanol–water partition coefficient (Wildman–Crippen LogP) is 2.29. The first-order valence-electron chi connectivity index (χ1n) is 5.50. The van der Waals surface area contributed by atoms with Crippen LogP contribution in [0.1, 0.15) is 6.92 Å². The van der Waals surface area contributed by atoms with Gasteiger partial charge >= 0.3 is 11.8 Å². The van der Waals surface area contributed by atoms with E-state index in [1.807, 2.05) is 6.26 Å². The Hall–Kier alpha value is -1.27. The van der Waals surface area contributed by atoms with E-state index in [1.165, 1.54) is 6.07 Å². The molecule has 0 radical (unpaired) electrons. The lowest BCUT2D eigenvalue weighted by Gasteiger charge is -2.12. The SMILES string of the molecule is CSC[C@H](C)NC(=O)C(=O)Nc1ccc(F)cc1Cl. The Bertz CT molecular complexity index is 485. The Labute approximate surface area is 120 Å². The van der Waals surface area contributed by atoms with Crippen LogP contribution in [0, 0.1) is 5.82 Å². The Morgan fingerprint density at radius 2 is 2.11 bits per heavy atom. The average molecular weight is 305 g/mol. The van der Waals surface area contributed by atoms with Crippen LogP contribution in [0.5, 0.6) is 0 Å². The number of benzene rings is 1. The molecule has 2 amide bonds. The van der Waals surface area contributed by atoms with Gasteiger partial charge in [-0.2, -0.15) is 11.8 Å². The second kappa shape index (κ2) is 7.35. The second-order valence-corrected chi connectivity index (χ2v) is 5.23. The van der Waals surface area contributed by atoms with Crippen LogP contribution in [0.25, 0.3) is 0 Å². The normalized spacial score (nSPS) is 11.8. The Kier molecular flexibility index (Phi) is 6.11. The summed E-state index contributed by atoms with van der Waals surface area (Å²) in [5.74, 6) is -1.39. The molecule has 2 N–H and O–H groups in total. The largest absolute Gasteiger partial charge is 0.345 e. The van der Waals surface area contributed by atoms with Crippen molar-refractivity contribution in [2.75, 3.05) is 17.3 Å². The molecule has 0 saturated heterocycles. The standard InChI is InChI=1S/C12H14ClFN2O2S/c1-7(6-19-2)15-11(17)12(18)16-10-4-3-8(14)5-9(10)13/h3-5,7H,6H2,1-2H3,(H,15,17)(H,16,18)/t7-/m0/s1. The van der Waals surface area contributed by atoms with Gasteiger partial charge in [-0.15, -0.1) is 0 Å². The van der Waals surface area contributed by atoms with E-state index in [2.05, 4.69) is 10.6 Å². The number of hydrogen-bond acceptors (Lipinski definition) is 3. The second-order valence-electron chi connectivity index (χ2n) is 3.91. The van der Waals surface area contributed by atoms with E-state index in [4.69, 9.17) is 11.6 Å². The van der Waals surface area contributed by atoms with Gasteiger partial charge in [0, 0.05) is 11.8 Å². The summed E-state index contributed by atoms with van der Waals surface area (Å²) in [4.78, 5) is 23.2. The summed E-state index contributed by atoms with van der Waals surface area (Å²) in [5.41, 5.74) is 0.195. The number of carbonyl (C=O) groups is 2. The topological polar surface area (TPSA) is 58.2 Å². The molecule has 0 aliphatic heterocycles. The van der Waals surface area contributed by atoms with Crippen LogP contribution in [0.15, 0.2) is 18.2 Å². The zero-order valence-electron chi connectivity index (χ0n) is 10.5. The van der Waals surface area contributed by atoms with Crippen molar-refractivity contribution in [1.29, 1.82) is 0 Å². The molecule has 104 valence electrons. The maximum Gasteiger partial charge on any atom is 0.313 e. The lowest BCUT2D eigenvalue weighted by molar-refractivity contribution is -0.136. The third-order valence-electron chi connectivity index (χ3n) is 2.18. The first-order valence-corrected chi connectivity index (χ1v) is 7.27. The number of nitrogens with one attached hydrogen (secondary N) is 2. The van der Waals surface area contributed by atoms with Crippen LogP contribution < -0.4 is 10.6 Å². The molecule has 7 heteroatoms. The number of amides is 2. The van der Waals surface area contributed by atoms with Crippen LogP contribution in [0.3, 0.4) is 0 Å². The van der Waals surface area contributed by atoms with E-state index in [-0.39, 0.29) is 16.8 Å². The summed E-state index contributed by atoms with van der Waals surface area (Å²) in [7, 11) is 0. The Morgan fingerprint density at radius 1 is 1.42 bits per heavy atom. The van der Waals surface area contributed by atoms with E-state index < -0.39 is 17.6 Å². The highest BCUT2D eigenvalue weighted by atomic mass is 35.5. The summed E-state index contributed by atoms with van der Waals surface area (Å²) in [6, 6.07) is 3.40. The van der Waals surface area contributed by atoms with E-state index >= 15 is 0 Å². The molecular formula is C12H14ClFN2O2S. The third kappa shape index (κ3) is 5.08. The fraction of sp³-hybridized carbons (Fsp3) is 0.333. The van der Waals surface area contributed by atoms with Gasteiger partial charge < -0.3 is 10.6 Å². The molecule has 1 rings (SSSR count). The smallest absolute Gasteiger partial charge is 0.313 e. The highest BCUT2D eigenvalue weighted by molar-refractivity contribution is 7.98. The van der Waals surface area contributed by atoms with Gasteiger partial charge in [-0.05, 0) is 31.4 Å². The molecule has 0 unspecified atom stereocenters. The van der Waals surface area contributed by atoms with Crippen LogP contribution >= 0.6 is 23.4 Å². The minimum Gasteiger partial charge on any atom is -0.345 e. The van der Waals surface area contributed by atoms with Crippen molar-refractivity contribution in [3.8, 4) is 0 Å². The van der Waals surface area contributed by atoms with Gasteiger partial charge in [0.2, 0.25) is 0 Å². The molecular weight excluding hydrogens is 291 g/mol. The van der Waals surface area contributed by atoms with E-state index in [9.17, 15) is 14.0 Å². The van der Waals surface area contributed by atoms with Crippen molar-refractivity contribution in [2.24, 2.45) is 0 Å². The van der Waals surface area contributed by atoms with Crippen molar-refractivity contribution >= 4 is 40.9 Å². The minimum atomic E-state index is -0.832. The maximum atomic E-state index is 12.8. The lowest BCUT2D eigenvalue weighted by Crippen LogP contribution is -2.41. The molecule has 0 spiro atoms. The monoisotopic (exact) mass is 304 g/mol. The average Bonchev–Trinajstić information content (AvgIpc) is 2.32. The van der Waals surface area contributed by atoms with Gasteiger partial charge in [-0.3, -0.25) is 9.59 Å². The molecule has 0 aliphatic rings. The van der Waals surface area contributed by atoms with Gasteiger partial charge in [-0.1, -0.05) is 11.6 Å². The number of halogens is 2. The maximum absolute atomic E-state index is 12.8. The van der Waals surface area contributed by atoms with Crippen molar-refractivity contribution in [2.45, 2.75) is 13.0 Å². The molecule has 0 aliphatic carbocycles. The molecule has 0 saturated carbocycles. The van der Waals surface area contributed by atoms with Crippen LogP contribution in [-0.2, 0) is 9.59 Å². The predicted molar refractivity (Wildman–Crippen MR) is 76.0 cm³/mol. The zero-order chi connectivity index (χ0) is 14.4. The van der Waals surface area contributed by atoms with Crippen LogP contribution in [0.2, 0.25) is 5.02 Å². The number of rotatable bonds is 4. The van der Waals surface area contributed by atoms with Crippen molar-refractivity contribution in [3.05, 3.63) is 29.0 Å². The van der Waals surface area contributed by atoms with Crippen molar-refractivity contribution < 1.29 is 14.0 Å². The van der Waals surface area contributed by atoms with Gasteiger partial charge in [-0.25, -0.2) is 4.39 Å². The van der Waals surface area contributed by atoms with Crippen molar-refractivity contribution in [3.63, 3.8) is 0 Å². The lowest BCUT2D eigenvalue weighted by atomic mass is 10.3. The molecule has 0 aromatic heterocycles. The Morgan fingerprint density at radius 3 is 2.68 bits per heavy atom. The summed E-state index contributed by atoms with van der Waals surface area (Å²) < 4.78 is 12.8. The third-order valence-corrected chi connectivity index (χ3v) is 3.33. The van der Waals surface area contributed by atoms with E-state index in [0.717, 1.165) is 12.1 Å². The van der Waals surface area contributed by atoms with Crippen molar-refractivity contribution in [1.82, 2.24) is 5.32 Å². The number of thioether (sulfide) groups is 1. The van der Waals surface area contributed by atoms with Crippen LogP contribution in [-0.4, -0.2) is 29.9 Å². The molecule has 0 heterocycles. The molecule has 19 heavy (non-hydrogen) atoms. The molecule has 1 aromatic rings. The van der Waals surface area contributed by atoms with E-state index in [1.54, 1.807) is 18.7 Å². The molecule has 1 aromatic carbocycles. The first-order chi connectivity index (χ1) is 8.93. The van der Waals surface area contributed by atoms with E-state index in [0.29, 0.717) is 5.75 Å². The van der Waals surface area contributed by atoms with Gasteiger partial charge in [0.05, 0.1) is 10.7 Å². The summed E-state index contributed by atoms with van der Waals surface area (Å²) in [5, 5.41) is 4.91. The number of hydrogen-bond donors (Lipinski definition) is 2.